The number of methoxy groups -OCH3 is 1. The van der Waals surface area contributed by atoms with E-state index in [0.29, 0.717) is 17.1 Å². The fourth-order valence-electron chi connectivity index (χ4n) is 1.51. The molecule has 0 amide bonds. The molecule has 0 spiro atoms. The summed E-state index contributed by atoms with van der Waals surface area (Å²) in [7, 11) is 1.32. The van der Waals surface area contributed by atoms with Gasteiger partial charge in [-0.3, -0.25) is 0 Å². The highest BCUT2D eigenvalue weighted by Crippen LogP contribution is 2.24. The van der Waals surface area contributed by atoms with Crippen molar-refractivity contribution in [2.45, 2.75) is 20.3 Å². The van der Waals surface area contributed by atoms with Crippen molar-refractivity contribution in [1.82, 2.24) is 0 Å². The van der Waals surface area contributed by atoms with Gasteiger partial charge in [-0.25, -0.2) is 4.79 Å². The molecular weight excluding hydrogens is 266 g/mol. The number of benzene rings is 1. The van der Waals surface area contributed by atoms with Gasteiger partial charge in [-0.2, -0.15) is 0 Å². The molecule has 0 saturated carbocycles. The van der Waals surface area contributed by atoms with Gasteiger partial charge in [0, 0.05) is 17.6 Å². The van der Waals surface area contributed by atoms with Crippen LogP contribution in [0.5, 0.6) is 0 Å². The van der Waals surface area contributed by atoms with Crippen molar-refractivity contribution in [3.63, 3.8) is 0 Å². The minimum Gasteiger partial charge on any atom is -0.465 e. The number of carbonyl (C=O) groups excluding carboxylic acids is 1. The Bertz CT molecular complexity index is 444. The van der Waals surface area contributed by atoms with Gasteiger partial charge in [0.1, 0.15) is 0 Å². The minimum absolute atomic E-state index is 0.105. The predicted molar refractivity (Wildman–Crippen MR) is 76.8 cm³/mol. The highest BCUT2D eigenvalue weighted by Gasteiger charge is 2.21. The number of aliphatic hydroxyl groups is 1. The molecule has 1 aromatic rings. The summed E-state index contributed by atoms with van der Waals surface area (Å²) >= 11 is 5.95. The monoisotopic (exact) mass is 285 g/mol. The molecular formula is C14H20ClNO3. The van der Waals surface area contributed by atoms with Crippen molar-refractivity contribution in [3.8, 4) is 0 Å². The Morgan fingerprint density at radius 1 is 1.53 bits per heavy atom. The molecule has 0 bridgehead atoms. The Morgan fingerprint density at radius 3 is 2.74 bits per heavy atom. The van der Waals surface area contributed by atoms with Gasteiger partial charge < -0.3 is 15.2 Å². The predicted octanol–water partition coefficient (Wildman–Crippen LogP) is 2.95. The molecule has 0 aliphatic carbocycles. The zero-order valence-electron chi connectivity index (χ0n) is 11.5. The van der Waals surface area contributed by atoms with Gasteiger partial charge in [0.25, 0.3) is 0 Å². The third kappa shape index (κ3) is 4.11. The lowest BCUT2D eigenvalue weighted by molar-refractivity contribution is 0.0601. The minimum atomic E-state index is -0.464. The van der Waals surface area contributed by atoms with Crippen LogP contribution in [0.2, 0.25) is 5.02 Å². The molecule has 1 unspecified atom stereocenters. The highest BCUT2D eigenvalue weighted by molar-refractivity contribution is 6.33. The van der Waals surface area contributed by atoms with Gasteiger partial charge in [0.15, 0.2) is 0 Å². The molecule has 5 heteroatoms. The van der Waals surface area contributed by atoms with Crippen molar-refractivity contribution in [3.05, 3.63) is 28.8 Å². The molecule has 4 nitrogen and oxygen atoms in total. The SMILES string of the molecule is CCC(C)(CO)CNc1ccc(Cl)c(C(=O)OC)c1. The summed E-state index contributed by atoms with van der Waals surface area (Å²) in [5.74, 6) is -0.464. The van der Waals surface area contributed by atoms with E-state index in [1.165, 1.54) is 7.11 Å². The van der Waals surface area contributed by atoms with E-state index in [1.54, 1.807) is 18.2 Å². The first-order valence-electron chi connectivity index (χ1n) is 6.18. The van der Waals surface area contributed by atoms with Gasteiger partial charge >= 0.3 is 5.97 Å². The standard InChI is InChI=1S/C14H20ClNO3/c1-4-14(2,9-17)8-16-10-5-6-12(15)11(7-10)13(18)19-3/h5-7,16-17H,4,8-9H2,1-3H3. The third-order valence-corrected chi connectivity index (χ3v) is 3.66. The maximum atomic E-state index is 11.5. The van der Waals surface area contributed by atoms with Crippen LogP contribution in [0.15, 0.2) is 18.2 Å². The Hall–Kier alpha value is -1.26. The summed E-state index contributed by atoms with van der Waals surface area (Å²) < 4.78 is 4.67. The fourth-order valence-corrected chi connectivity index (χ4v) is 1.70. The van der Waals surface area contributed by atoms with Crippen LogP contribution in [-0.4, -0.2) is 31.3 Å². The number of ether oxygens (including phenoxy) is 1. The summed E-state index contributed by atoms with van der Waals surface area (Å²) in [6, 6.07) is 5.10. The van der Waals surface area contributed by atoms with Crippen LogP contribution in [0.25, 0.3) is 0 Å². The number of hydrogen-bond acceptors (Lipinski definition) is 4. The molecule has 1 aromatic carbocycles. The molecule has 0 saturated heterocycles. The normalized spacial score (nSPS) is 13.7. The van der Waals surface area contributed by atoms with E-state index in [9.17, 15) is 9.90 Å². The fraction of sp³-hybridized carbons (Fsp3) is 0.500. The van der Waals surface area contributed by atoms with E-state index in [4.69, 9.17) is 11.6 Å². The topological polar surface area (TPSA) is 58.6 Å². The van der Waals surface area contributed by atoms with Crippen LogP contribution < -0.4 is 5.32 Å². The van der Waals surface area contributed by atoms with Gasteiger partial charge in [-0.15, -0.1) is 0 Å². The molecule has 0 aliphatic heterocycles. The number of carbonyl (C=O) groups is 1. The van der Waals surface area contributed by atoms with E-state index in [2.05, 4.69) is 10.1 Å². The highest BCUT2D eigenvalue weighted by atomic mass is 35.5. The van der Waals surface area contributed by atoms with Crippen LogP contribution in [0.1, 0.15) is 30.6 Å². The van der Waals surface area contributed by atoms with Crippen molar-refractivity contribution < 1.29 is 14.6 Å². The van der Waals surface area contributed by atoms with Crippen molar-refractivity contribution >= 4 is 23.3 Å². The third-order valence-electron chi connectivity index (χ3n) is 3.33. The Balaban J connectivity index is 2.83. The lowest BCUT2D eigenvalue weighted by Crippen LogP contribution is -2.29. The average Bonchev–Trinajstić information content (AvgIpc) is 2.45. The maximum absolute atomic E-state index is 11.5. The number of halogens is 1. The zero-order chi connectivity index (χ0) is 14.5. The lowest BCUT2D eigenvalue weighted by atomic mass is 9.88. The maximum Gasteiger partial charge on any atom is 0.339 e. The van der Waals surface area contributed by atoms with Crippen LogP contribution in [0.4, 0.5) is 5.69 Å². The van der Waals surface area contributed by atoms with Crippen molar-refractivity contribution in [1.29, 1.82) is 0 Å². The van der Waals surface area contributed by atoms with E-state index in [0.717, 1.165) is 12.1 Å². The molecule has 0 aromatic heterocycles. The molecule has 19 heavy (non-hydrogen) atoms. The van der Waals surface area contributed by atoms with Gasteiger partial charge in [-0.05, 0) is 24.6 Å². The summed E-state index contributed by atoms with van der Waals surface area (Å²) in [4.78, 5) is 11.5. The molecule has 1 rings (SSSR count). The molecule has 0 radical (unpaired) electrons. The molecule has 0 aliphatic rings. The van der Waals surface area contributed by atoms with Crippen molar-refractivity contribution in [2.24, 2.45) is 5.41 Å². The summed E-state index contributed by atoms with van der Waals surface area (Å²) in [5, 5.41) is 12.9. The van der Waals surface area contributed by atoms with Crippen LogP contribution >= 0.6 is 11.6 Å². The first-order chi connectivity index (χ1) is 8.95. The summed E-state index contributed by atoms with van der Waals surface area (Å²) in [6.07, 6.45) is 0.855. The number of aliphatic hydroxyl groups excluding tert-OH is 1. The number of hydrogen-bond donors (Lipinski definition) is 2. The van der Waals surface area contributed by atoms with E-state index < -0.39 is 5.97 Å². The number of rotatable bonds is 6. The quantitative estimate of drug-likeness (QED) is 0.789. The van der Waals surface area contributed by atoms with Gasteiger partial charge in [-0.1, -0.05) is 25.4 Å². The summed E-state index contributed by atoms with van der Waals surface area (Å²) in [6.45, 7) is 4.74. The molecule has 0 fully saturated rings. The first-order valence-corrected chi connectivity index (χ1v) is 6.56. The van der Waals surface area contributed by atoms with Crippen LogP contribution in [-0.2, 0) is 4.74 Å². The van der Waals surface area contributed by atoms with E-state index in [1.807, 2.05) is 13.8 Å². The molecule has 0 heterocycles. The number of nitrogens with one attached hydrogen (secondary N) is 1. The summed E-state index contributed by atoms with van der Waals surface area (Å²) in [5.41, 5.74) is 0.916. The lowest BCUT2D eigenvalue weighted by Gasteiger charge is -2.26. The smallest absolute Gasteiger partial charge is 0.339 e. The second kappa shape index (κ2) is 6.78. The second-order valence-electron chi connectivity index (χ2n) is 4.86. The largest absolute Gasteiger partial charge is 0.465 e. The molecule has 1 atom stereocenters. The Kier molecular flexibility index (Phi) is 5.63. The first kappa shape index (κ1) is 15.8. The van der Waals surface area contributed by atoms with Crippen LogP contribution in [0.3, 0.4) is 0 Å². The molecule has 2 N–H and O–H groups in total. The van der Waals surface area contributed by atoms with E-state index in [-0.39, 0.29) is 12.0 Å². The Labute approximate surface area is 118 Å². The zero-order valence-corrected chi connectivity index (χ0v) is 12.3. The van der Waals surface area contributed by atoms with E-state index >= 15 is 0 Å². The van der Waals surface area contributed by atoms with Crippen molar-refractivity contribution in [2.75, 3.05) is 25.6 Å². The number of anilines is 1. The van der Waals surface area contributed by atoms with Crippen LogP contribution in [0, 0.1) is 5.41 Å². The Morgan fingerprint density at radius 2 is 2.21 bits per heavy atom. The number of esters is 1. The van der Waals surface area contributed by atoms with Gasteiger partial charge in [0.05, 0.1) is 24.3 Å². The average molecular weight is 286 g/mol. The molecule has 106 valence electrons. The van der Waals surface area contributed by atoms with Gasteiger partial charge in [0.2, 0.25) is 0 Å². The second-order valence-corrected chi connectivity index (χ2v) is 5.27.